The smallest absolute Gasteiger partial charge is 0.341 e. The summed E-state index contributed by atoms with van der Waals surface area (Å²) >= 11 is 3.67. The van der Waals surface area contributed by atoms with E-state index in [0.717, 1.165) is 12.1 Å². The van der Waals surface area contributed by atoms with E-state index in [1.54, 1.807) is 0 Å². The van der Waals surface area contributed by atoms with Crippen LogP contribution in [-0.2, 0) is 0 Å². The van der Waals surface area contributed by atoms with Crippen LogP contribution in [0, 0.1) is 11.6 Å². The fourth-order valence-electron chi connectivity index (χ4n) is 0.764. The normalized spacial score (nSPS) is 9.92. The van der Waals surface area contributed by atoms with Crippen molar-refractivity contribution in [3.63, 3.8) is 0 Å². The van der Waals surface area contributed by atoms with E-state index in [1.165, 1.54) is 0 Å². The number of rotatable bonds is 1. The highest BCUT2D eigenvalue weighted by Crippen LogP contribution is 2.17. The maximum absolute atomic E-state index is 12.7. The Hall–Kier alpha value is -1.10. The topological polar surface area (TPSA) is 37.3 Å². The molecule has 0 aliphatic heterocycles. The van der Waals surface area contributed by atoms with Gasteiger partial charge < -0.3 is 5.11 Å². The van der Waals surface area contributed by atoms with E-state index >= 15 is 0 Å². The molecule has 0 fully saturated rings. The molecule has 1 N–H and O–H groups in total. The van der Waals surface area contributed by atoms with Crippen LogP contribution >= 0.6 is 12.6 Å². The summed E-state index contributed by atoms with van der Waals surface area (Å²) in [5, 5.41) is 8.33. The van der Waals surface area contributed by atoms with E-state index in [1.807, 2.05) is 0 Å². The number of carboxylic acid groups (broad SMARTS) is 1. The Bertz CT molecular complexity index is 315. The van der Waals surface area contributed by atoms with Crippen molar-refractivity contribution in [3.8, 4) is 0 Å². The maximum atomic E-state index is 12.7. The lowest BCUT2D eigenvalue weighted by molar-refractivity contribution is 0.0686. The van der Waals surface area contributed by atoms with Crippen LogP contribution in [0.25, 0.3) is 0 Å². The summed E-state index contributed by atoms with van der Waals surface area (Å²) in [6.07, 6.45) is 0. The molecule has 0 aliphatic carbocycles. The first-order valence-corrected chi connectivity index (χ1v) is 3.38. The van der Waals surface area contributed by atoms with Crippen molar-refractivity contribution in [2.45, 2.75) is 4.90 Å². The summed E-state index contributed by atoms with van der Waals surface area (Å²) in [4.78, 5) is 10.3. The molecule has 1 aromatic rings. The summed E-state index contributed by atoms with van der Waals surface area (Å²) in [7, 11) is 0. The number of carbonyl (C=O) groups is 1. The van der Waals surface area contributed by atoms with Gasteiger partial charge in [0.2, 0.25) is 0 Å². The molecule has 0 amide bonds. The van der Waals surface area contributed by atoms with Gasteiger partial charge in [-0.2, -0.15) is 0 Å². The molecule has 1 rings (SSSR count). The molecule has 12 heavy (non-hydrogen) atoms. The zero-order valence-corrected chi connectivity index (χ0v) is 6.61. The largest absolute Gasteiger partial charge is 0.477 e. The molecule has 2 nitrogen and oxygen atoms in total. The summed E-state index contributed by atoms with van der Waals surface area (Å²) in [5.41, 5.74) is -0.951. The monoisotopic (exact) mass is 190 g/mol. The number of carboxylic acids is 1. The second-order valence-electron chi connectivity index (χ2n) is 2.09. The number of hydrogen-bond donors (Lipinski definition) is 2. The second kappa shape index (κ2) is 3.10. The molecule has 0 spiro atoms. The van der Waals surface area contributed by atoms with Crippen molar-refractivity contribution in [2.24, 2.45) is 0 Å². The van der Waals surface area contributed by atoms with E-state index in [4.69, 9.17) is 5.11 Å². The van der Waals surface area contributed by atoms with Crippen molar-refractivity contribution in [2.75, 3.05) is 0 Å². The van der Waals surface area contributed by atoms with Crippen LogP contribution in [-0.4, -0.2) is 11.1 Å². The quantitative estimate of drug-likeness (QED) is 0.664. The fourth-order valence-corrected chi connectivity index (χ4v) is 0.991. The minimum Gasteiger partial charge on any atom is -0.477 e. The Morgan fingerprint density at radius 2 is 1.75 bits per heavy atom. The molecular formula is C7H4F2O2S. The average Bonchev–Trinajstić information content (AvgIpc) is 1.82. The Morgan fingerprint density at radius 3 is 2.08 bits per heavy atom. The number of aromatic carboxylic acids is 1. The molecule has 0 saturated carbocycles. The average molecular weight is 190 g/mol. The molecule has 0 aromatic heterocycles. The second-order valence-corrected chi connectivity index (χ2v) is 2.61. The molecule has 0 atom stereocenters. The van der Waals surface area contributed by atoms with Crippen molar-refractivity contribution in [1.29, 1.82) is 0 Å². The van der Waals surface area contributed by atoms with Crippen LogP contribution in [0.2, 0.25) is 0 Å². The molecule has 5 heteroatoms. The van der Waals surface area contributed by atoms with Crippen LogP contribution < -0.4 is 0 Å². The third kappa shape index (κ3) is 1.55. The van der Waals surface area contributed by atoms with Crippen LogP contribution in [0.4, 0.5) is 8.78 Å². The molecule has 0 heterocycles. The zero-order valence-electron chi connectivity index (χ0n) is 5.71. The highest BCUT2D eigenvalue weighted by molar-refractivity contribution is 7.80. The first kappa shape index (κ1) is 8.99. The van der Waals surface area contributed by atoms with Gasteiger partial charge in [-0.05, 0) is 12.1 Å². The highest BCUT2D eigenvalue weighted by Gasteiger charge is 2.16. The Balaban J connectivity index is 3.38. The van der Waals surface area contributed by atoms with Crippen LogP contribution in [0.15, 0.2) is 17.0 Å². The Labute approximate surface area is 72.2 Å². The van der Waals surface area contributed by atoms with Gasteiger partial charge in [0.25, 0.3) is 0 Å². The zero-order chi connectivity index (χ0) is 9.30. The first-order valence-electron chi connectivity index (χ1n) is 2.93. The van der Waals surface area contributed by atoms with Crippen molar-refractivity contribution < 1.29 is 18.7 Å². The summed E-state index contributed by atoms with van der Waals surface area (Å²) in [6.45, 7) is 0. The minimum absolute atomic E-state index is 0.0509. The molecule has 1 aromatic carbocycles. The number of benzene rings is 1. The van der Waals surface area contributed by atoms with Crippen molar-refractivity contribution in [3.05, 3.63) is 29.3 Å². The third-order valence-electron chi connectivity index (χ3n) is 1.24. The maximum Gasteiger partial charge on any atom is 0.341 e. The third-order valence-corrected chi connectivity index (χ3v) is 1.50. The standard InChI is InChI=1S/C7H4F2O2S/c8-4-1-3(12)2-5(9)6(4)7(10)11/h1-2,12H,(H,10,11). The van der Waals surface area contributed by atoms with Crippen LogP contribution in [0.1, 0.15) is 10.4 Å². The van der Waals surface area contributed by atoms with E-state index in [0.29, 0.717) is 0 Å². The van der Waals surface area contributed by atoms with Gasteiger partial charge in [-0.15, -0.1) is 12.6 Å². The van der Waals surface area contributed by atoms with Gasteiger partial charge in [-0.25, -0.2) is 13.6 Å². The van der Waals surface area contributed by atoms with Gasteiger partial charge in [0, 0.05) is 4.90 Å². The predicted molar refractivity (Wildman–Crippen MR) is 40.6 cm³/mol. The highest BCUT2D eigenvalue weighted by atomic mass is 32.1. The molecule has 0 bridgehead atoms. The van der Waals surface area contributed by atoms with Crippen molar-refractivity contribution >= 4 is 18.6 Å². The SMILES string of the molecule is O=C(O)c1c(F)cc(S)cc1F. The Kier molecular flexibility index (Phi) is 2.32. The lowest BCUT2D eigenvalue weighted by Crippen LogP contribution is -2.04. The van der Waals surface area contributed by atoms with Gasteiger partial charge in [0.05, 0.1) is 0 Å². The number of halogens is 2. The minimum atomic E-state index is -1.63. The van der Waals surface area contributed by atoms with Gasteiger partial charge in [-0.1, -0.05) is 0 Å². The molecule has 0 radical (unpaired) electrons. The van der Waals surface area contributed by atoms with Crippen molar-refractivity contribution in [1.82, 2.24) is 0 Å². The summed E-state index contributed by atoms with van der Waals surface area (Å²) in [5.74, 6) is -3.86. The van der Waals surface area contributed by atoms with Crippen LogP contribution in [0.3, 0.4) is 0 Å². The number of thiol groups is 1. The molecule has 0 unspecified atom stereocenters. The Morgan fingerprint density at radius 1 is 1.33 bits per heavy atom. The van der Waals surface area contributed by atoms with Gasteiger partial charge >= 0.3 is 5.97 Å². The molecular weight excluding hydrogens is 186 g/mol. The molecule has 0 saturated heterocycles. The predicted octanol–water partition coefficient (Wildman–Crippen LogP) is 1.95. The number of hydrogen-bond acceptors (Lipinski definition) is 2. The van der Waals surface area contributed by atoms with E-state index < -0.39 is 23.2 Å². The fraction of sp³-hybridized carbons (Fsp3) is 0. The summed E-state index contributed by atoms with van der Waals surface area (Å²) < 4.78 is 25.4. The van der Waals surface area contributed by atoms with E-state index in [2.05, 4.69) is 12.6 Å². The van der Waals surface area contributed by atoms with Gasteiger partial charge in [0.15, 0.2) is 0 Å². The summed E-state index contributed by atoms with van der Waals surface area (Å²) in [6, 6.07) is 1.69. The lowest BCUT2D eigenvalue weighted by atomic mass is 10.2. The molecule has 64 valence electrons. The van der Waals surface area contributed by atoms with E-state index in [9.17, 15) is 13.6 Å². The first-order chi connectivity index (χ1) is 5.52. The van der Waals surface area contributed by atoms with Crippen LogP contribution in [0.5, 0.6) is 0 Å². The van der Waals surface area contributed by atoms with E-state index in [-0.39, 0.29) is 4.90 Å². The van der Waals surface area contributed by atoms with Gasteiger partial charge in [-0.3, -0.25) is 0 Å². The lowest BCUT2D eigenvalue weighted by Gasteiger charge is -1.99. The van der Waals surface area contributed by atoms with Gasteiger partial charge in [0.1, 0.15) is 17.2 Å². The molecule has 0 aliphatic rings.